The van der Waals surface area contributed by atoms with Gasteiger partial charge in [-0.25, -0.2) is 4.57 Å². The van der Waals surface area contributed by atoms with Crippen LogP contribution < -0.4 is 15.0 Å². The molecule has 1 saturated heterocycles. The number of hydrogen-bond donors (Lipinski definition) is 2. The first-order chi connectivity index (χ1) is 15.0. The van der Waals surface area contributed by atoms with Crippen molar-refractivity contribution in [3.8, 4) is 0 Å². The van der Waals surface area contributed by atoms with Gasteiger partial charge in [0, 0.05) is 47.0 Å². The van der Waals surface area contributed by atoms with Gasteiger partial charge in [0.05, 0.1) is 29.7 Å². The first kappa shape index (κ1) is 21.4. The number of amides is 1. The van der Waals surface area contributed by atoms with Crippen molar-refractivity contribution in [2.75, 3.05) is 17.6 Å². The molecule has 3 heterocycles. The number of aliphatic hydroxyl groups excluding tert-OH is 1. The molecule has 162 valence electrons. The second-order valence-electron chi connectivity index (χ2n) is 7.83. The number of thioether (sulfide) groups is 1. The zero-order valence-electron chi connectivity index (χ0n) is 17.2. The lowest BCUT2D eigenvalue weighted by Crippen LogP contribution is -2.62. The number of carbonyl (C=O) groups is 2. The Morgan fingerprint density at radius 2 is 2.00 bits per heavy atom. The Kier molecular flexibility index (Phi) is 6.29. The first-order valence-corrected chi connectivity index (χ1v) is 11.3. The van der Waals surface area contributed by atoms with E-state index in [1.807, 2.05) is 42.7 Å². The minimum absolute atomic E-state index is 0.0291. The van der Waals surface area contributed by atoms with Gasteiger partial charge < -0.3 is 25.2 Å². The second-order valence-corrected chi connectivity index (χ2v) is 9.02. The van der Waals surface area contributed by atoms with Crippen molar-refractivity contribution in [1.82, 2.24) is 4.90 Å². The molecule has 0 aliphatic carbocycles. The summed E-state index contributed by atoms with van der Waals surface area (Å²) in [5.74, 6) is -1.54. The van der Waals surface area contributed by atoms with Crippen LogP contribution in [0.2, 0.25) is 0 Å². The number of aliphatic carboxylic acids is 1. The van der Waals surface area contributed by atoms with E-state index in [1.165, 1.54) is 22.2 Å². The SMILES string of the molecule is CC(O)[C@H]1C(=O)N2C(C(=O)[O-])=C(SCCNc3cc[n+](Cc4ccccc4)cc3)C[C@H]12. The number of hydrogen-bond acceptors (Lipinski definition) is 6. The van der Waals surface area contributed by atoms with Gasteiger partial charge in [0.2, 0.25) is 5.91 Å². The number of pyridine rings is 1. The maximum atomic E-state index is 12.2. The summed E-state index contributed by atoms with van der Waals surface area (Å²) in [4.78, 5) is 25.7. The lowest BCUT2D eigenvalue weighted by atomic mass is 9.83. The number of anilines is 1. The highest BCUT2D eigenvalue weighted by atomic mass is 32.2. The number of carbonyl (C=O) groups excluding carboxylic acids is 2. The highest BCUT2D eigenvalue weighted by molar-refractivity contribution is 8.03. The molecule has 2 aromatic rings. The van der Waals surface area contributed by atoms with E-state index in [0.29, 0.717) is 23.6 Å². The number of benzene rings is 1. The molecule has 2 aliphatic heterocycles. The van der Waals surface area contributed by atoms with Gasteiger partial charge in [-0.2, -0.15) is 0 Å². The van der Waals surface area contributed by atoms with E-state index in [-0.39, 0.29) is 17.6 Å². The first-order valence-electron chi connectivity index (χ1n) is 10.3. The molecule has 7 nitrogen and oxygen atoms in total. The molecule has 0 spiro atoms. The predicted molar refractivity (Wildman–Crippen MR) is 116 cm³/mol. The molecule has 0 bridgehead atoms. The molecular formula is C23H25N3O4S. The van der Waals surface area contributed by atoms with Crippen molar-refractivity contribution in [2.24, 2.45) is 5.92 Å². The topological polar surface area (TPSA) is 96.6 Å². The van der Waals surface area contributed by atoms with E-state index in [0.717, 1.165) is 12.2 Å². The van der Waals surface area contributed by atoms with Crippen LogP contribution in [0, 0.1) is 5.92 Å². The van der Waals surface area contributed by atoms with Crippen LogP contribution in [0.15, 0.2) is 65.5 Å². The van der Waals surface area contributed by atoms with E-state index in [9.17, 15) is 19.8 Å². The Morgan fingerprint density at radius 3 is 2.65 bits per heavy atom. The number of β-lactam (4-membered cyclic amide) rings is 1. The van der Waals surface area contributed by atoms with Gasteiger partial charge in [-0.15, -0.1) is 11.8 Å². The fraction of sp³-hybridized carbons (Fsp3) is 0.348. The Bertz CT molecular complexity index is 992. The van der Waals surface area contributed by atoms with Gasteiger partial charge >= 0.3 is 0 Å². The monoisotopic (exact) mass is 439 g/mol. The number of carboxylic acid groups (broad SMARTS) is 1. The maximum Gasteiger partial charge on any atom is 0.235 e. The lowest BCUT2D eigenvalue weighted by Gasteiger charge is -2.45. The summed E-state index contributed by atoms with van der Waals surface area (Å²) in [6.45, 7) is 3.02. The molecule has 31 heavy (non-hydrogen) atoms. The normalized spacial score (nSPS) is 21.0. The van der Waals surface area contributed by atoms with Crippen molar-refractivity contribution < 1.29 is 24.4 Å². The Hall–Kier alpha value is -2.84. The van der Waals surface area contributed by atoms with Gasteiger partial charge in [-0.05, 0) is 6.92 Å². The van der Waals surface area contributed by atoms with E-state index in [2.05, 4.69) is 22.0 Å². The standard InChI is InChI=1S/C23H25N3O4S/c1-15(27)20-18-13-19(21(23(29)30)26(18)22(20)28)31-12-9-24-17-7-10-25(11-8-17)14-16-5-3-2-4-6-16/h2-8,10-11,15,18,20,27H,9,12-14H2,1H3,(H,29,30)/t15?,18-,20-/m1/s1. The number of aromatic nitrogens is 1. The molecule has 0 radical (unpaired) electrons. The highest BCUT2D eigenvalue weighted by Crippen LogP contribution is 2.46. The van der Waals surface area contributed by atoms with Crippen LogP contribution in [0.25, 0.3) is 0 Å². The Balaban J connectivity index is 1.29. The van der Waals surface area contributed by atoms with Gasteiger partial charge in [0.15, 0.2) is 18.9 Å². The number of fused-ring (bicyclic) bond motifs is 1. The molecule has 1 unspecified atom stereocenters. The van der Waals surface area contributed by atoms with Crippen LogP contribution in [-0.2, 0) is 16.1 Å². The zero-order valence-corrected chi connectivity index (χ0v) is 18.0. The van der Waals surface area contributed by atoms with E-state index < -0.39 is 18.0 Å². The van der Waals surface area contributed by atoms with Crippen molar-refractivity contribution in [3.05, 3.63) is 71.0 Å². The number of nitrogens with one attached hydrogen (secondary N) is 1. The molecule has 2 N–H and O–H groups in total. The summed E-state index contributed by atoms with van der Waals surface area (Å²) < 4.78 is 2.10. The molecule has 0 saturated carbocycles. The van der Waals surface area contributed by atoms with E-state index >= 15 is 0 Å². The highest BCUT2D eigenvalue weighted by Gasteiger charge is 2.55. The smallest absolute Gasteiger partial charge is 0.235 e. The minimum atomic E-state index is -1.33. The zero-order chi connectivity index (χ0) is 22.0. The average molecular weight is 440 g/mol. The van der Waals surface area contributed by atoms with Crippen LogP contribution in [0.3, 0.4) is 0 Å². The number of rotatable bonds is 9. The predicted octanol–water partition coefficient (Wildman–Crippen LogP) is 0.741. The second kappa shape index (κ2) is 9.11. The van der Waals surface area contributed by atoms with Crippen LogP contribution in [0.5, 0.6) is 0 Å². The summed E-state index contributed by atoms with van der Waals surface area (Å²) in [6, 6.07) is 14.0. The van der Waals surface area contributed by atoms with Crippen LogP contribution >= 0.6 is 11.8 Å². The maximum absolute atomic E-state index is 12.2. The van der Waals surface area contributed by atoms with Gasteiger partial charge in [0.1, 0.15) is 0 Å². The molecule has 3 atom stereocenters. The lowest BCUT2D eigenvalue weighted by molar-refractivity contribution is -0.688. The van der Waals surface area contributed by atoms with Gasteiger partial charge in [-0.1, -0.05) is 30.3 Å². The molecule has 1 aromatic carbocycles. The summed E-state index contributed by atoms with van der Waals surface area (Å²) in [5, 5.41) is 24.7. The van der Waals surface area contributed by atoms with Crippen LogP contribution in [-0.4, -0.2) is 46.3 Å². The summed E-state index contributed by atoms with van der Waals surface area (Å²) >= 11 is 1.42. The molecule has 1 aromatic heterocycles. The van der Waals surface area contributed by atoms with Crippen LogP contribution in [0.4, 0.5) is 5.69 Å². The van der Waals surface area contributed by atoms with E-state index in [4.69, 9.17) is 0 Å². The third-order valence-corrected chi connectivity index (χ3v) is 6.80. The number of nitrogens with zero attached hydrogens (tertiary/aromatic N) is 2. The molecule has 1 amide bonds. The third kappa shape index (κ3) is 4.45. The summed E-state index contributed by atoms with van der Waals surface area (Å²) in [5.41, 5.74) is 2.19. The third-order valence-electron chi connectivity index (χ3n) is 5.69. The van der Waals surface area contributed by atoms with Gasteiger partial charge in [0.25, 0.3) is 0 Å². The van der Waals surface area contributed by atoms with Crippen molar-refractivity contribution >= 4 is 29.3 Å². The van der Waals surface area contributed by atoms with Gasteiger partial charge in [-0.3, -0.25) is 4.79 Å². The molecule has 1 fully saturated rings. The van der Waals surface area contributed by atoms with Crippen LogP contribution in [0.1, 0.15) is 18.9 Å². The quantitative estimate of drug-likeness (QED) is 0.340. The van der Waals surface area contributed by atoms with Crippen molar-refractivity contribution in [1.29, 1.82) is 0 Å². The minimum Gasteiger partial charge on any atom is -0.543 e. The number of carboxylic acids is 1. The van der Waals surface area contributed by atoms with Crippen molar-refractivity contribution in [3.63, 3.8) is 0 Å². The molecular weight excluding hydrogens is 414 g/mol. The average Bonchev–Trinajstić information content (AvgIpc) is 3.07. The summed E-state index contributed by atoms with van der Waals surface area (Å²) in [6.07, 6.45) is 3.71. The molecule has 8 heteroatoms. The molecule has 2 aliphatic rings. The van der Waals surface area contributed by atoms with E-state index in [1.54, 1.807) is 6.92 Å². The fourth-order valence-electron chi connectivity index (χ4n) is 4.19. The summed E-state index contributed by atoms with van der Waals surface area (Å²) in [7, 11) is 0. The Labute approximate surface area is 185 Å². The largest absolute Gasteiger partial charge is 0.543 e. The number of aliphatic hydroxyl groups is 1. The molecule has 4 rings (SSSR count). The fourth-order valence-corrected chi connectivity index (χ4v) is 5.25. The van der Waals surface area contributed by atoms with Crippen molar-refractivity contribution in [2.45, 2.75) is 32.0 Å². The Morgan fingerprint density at radius 1 is 1.29 bits per heavy atom.